The fraction of sp³-hybridized carbons (Fsp3) is 0.898. The Morgan fingerprint density at radius 2 is 0.949 bits per heavy atom. The van der Waals surface area contributed by atoms with E-state index in [2.05, 4.69) is 31.3 Å². The molecule has 6 N–H and O–H groups in total. The van der Waals surface area contributed by atoms with Gasteiger partial charge in [-0.15, -0.1) is 0 Å². The van der Waals surface area contributed by atoms with Crippen LogP contribution in [0.1, 0.15) is 245 Å². The molecule has 0 saturated carbocycles. The van der Waals surface area contributed by atoms with Gasteiger partial charge in [0.2, 0.25) is 5.91 Å². The molecule has 0 heterocycles. The molecule has 10 heteroatoms. The van der Waals surface area contributed by atoms with Crippen LogP contribution in [-0.2, 0) is 18.4 Å². The molecule has 59 heavy (non-hydrogen) atoms. The van der Waals surface area contributed by atoms with Gasteiger partial charge < -0.3 is 26.2 Å². The molecular formula is C49H97N2O7P. The zero-order chi connectivity index (χ0) is 43.3. The number of aliphatic hydroxyl groups is 2. The lowest BCUT2D eigenvalue weighted by Gasteiger charge is -2.24. The predicted octanol–water partition coefficient (Wildman–Crippen LogP) is 13.5. The first-order valence-electron chi connectivity index (χ1n) is 25.0. The number of rotatable bonds is 47. The molecule has 0 aromatic heterocycles. The van der Waals surface area contributed by atoms with Gasteiger partial charge in [0, 0.05) is 6.54 Å². The Bertz CT molecular complexity index is 997. The number of aliphatic hydroxyl groups excluding tert-OH is 2. The number of hydrogen-bond donors (Lipinski definition) is 5. The summed E-state index contributed by atoms with van der Waals surface area (Å²) >= 11 is 0. The number of amides is 1. The van der Waals surface area contributed by atoms with Crippen LogP contribution in [0, 0.1) is 0 Å². The number of carbonyl (C=O) groups is 1. The fourth-order valence-corrected chi connectivity index (χ4v) is 8.28. The molecule has 4 atom stereocenters. The van der Waals surface area contributed by atoms with Gasteiger partial charge in [-0.05, 0) is 44.9 Å². The normalized spacial score (nSPS) is 14.6. The minimum Gasteiger partial charge on any atom is -0.393 e. The molecule has 0 aromatic carbocycles. The summed E-state index contributed by atoms with van der Waals surface area (Å²) in [5.41, 5.74) is 5.38. The first kappa shape index (κ1) is 57.9. The zero-order valence-electron chi connectivity index (χ0n) is 38.6. The van der Waals surface area contributed by atoms with E-state index in [1.807, 2.05) is 6.08 Å². The number of hydrogen-bond acceptors (Lipinski definition) is 7. The molecule has 0 aliphatic carbocycles. The summed E-state index contributed by atoms with van der Waals surface area (Å²) in [6, 6.07) is -0.984. The third-order valence-electron chi connectivity index (χ3n) is 11.3. The quantitative estimate of drug-likeness (QED) is 0.0230. The van der Waals surface area contributed by atoms with Crippen molar-refractivity contribution in [1.82, 2.24) is 5.32 Å². The number of carbonyl (C=O) groups excluding carboxylic acids is 1. The molecule has 0 aliphatic rings. The predicted molar refractivity (Wildman–Crippen MR) is 251 cm³/mol. The number of phosphoric ester groups is 1. The van der Waals surface area contributed by atoms with Crippen molar-refractivity contribution in [1.29, 1.82) is 0 Å². The SMILES string of the molecule is CCCCCCCCCCCC/C=C\CCCCCCCC(O)CC(=O)NC(COP(=O)(O)OCCN)C(O)/C=C/CCCCCCCCCCCCCCCCCC. The largest absolute Gasteiger partial charge is 0.472 e. The average Bonchev–Trinajstić information content (AvgIpc) is 3.21. The van der Waals surface area contributed by atoms with Crippen molar-refractivity contribution in [3.63, 3.8) is 0 Å². The van der Waals surface area contributed by atoms with Gasteiger partial charge in [-0.25, -0.2) is 4.57 Å². The van der Waals surface area contributed by atoms with Crippen LogP contribution in [0.25, 0.3) is 0 Å². The number of allylic oxidation sites excluding steroid dienone is 3. The van der Waals surface area contributed by atoms with E-state index in [-0.39, 0.29) is 19.6 Å². The average molecular weight is 857 g/mol. The van der Waals surface area contributed by atoms with Crippen LogP contribution in [0.5, 0.6) is 0 Å². The molecule has 0 rings (SSSR count). The van der Waals surface area contributed by atoms with Crippen molar-refractivity contribution in [3.8, 4) is 0 Å². The molecule has 0 saturated heterocycles. The molecule has 4 unspecified atom stereocenters. The lowest BCUT2D eigenvalue weighted by Crippen LogP contribution is -2.46. The molecule has 1 amide bonds. The van der Waals surface area contributed by atoms with Gasteiger partial charge in [-0.2, -0.15) is 0 Å². The monoisotopic (exact) mass is 857 g/mol. The van der Waals surface area contributed by atoms with Crippen LogP contribution in [0.3, 0.4) is 0 Å². The van der Waals surface area contributed by atoms with Crippen LogP contribution in [-0.4, -0.2) is 59.0 Å². The summed E-state index contributed by atoms with van der Waals surface area (Å²) in [5, 5.41) is 24.1. The zero-order valence-corrected chi connectivity index (χ0v) is 39.5. The number of nitrogens with two attached hydrogens (primary N) is 1. The number of unbranched alkanes of at least 4 members (excludes halogenated alkanes) is 31. The highest BCUT2D eigenvalue weighted by atomic mass is 31.2. The summed E-state index contributed by atoms with van der Waals surface area (Å²) in [6.07, 6.45) is 49.8. The minimum atomic E-state index is -4.40. The van der Waals surface area contributed by atoms with Gasteiger partial charge in [-0.3, -0.25) is 13.8 Å². The van der Waals surface area contributed by atoms with E-state index < -0.39 is 38.6 Å². The highest BCUT2D eigenvalue weighted by Gasteiger charge is 2.27. The summed E-state index contributed by atoms with van der Waals surface area (Å²) < 4.78 is 22.2. The molecule has 0 spiro atoms. The van der Waals surface area contributed by atoms with E-state index in [1.54, 1.807) is 6.08 Å². The van der Waals surface area contributed by atoms with Crippen molar-refractivity contribution in [2.24, 2.45) is 5.73 Å². The van der Waals surface area contributed by atoms with E-state index in [1.165, 1.54) is 167 Å². The first-order valence-corrected chi connectivity index (χ1v) is 26.5. The Morgan fingerprint density at radius 1 is 0.576 bits per heavy atom. The highest BCUT2D eigenvalue weighted by molar-refractivity contribution is 7.47. The number of nitrogens with one attached hydrogen (secondary N) is 1. The second-order valence-electron chi connectivity index (χ2n) is 17.2. The molecule has 0 aromatic rings. The maximum Gasteiger partial charge on any atom is 0.472 e. The lowest BCUT2D eigenvalue weighted by atomic mass is 10.0. The molecule has 9 nitrogen and oxygen atoms in total. The van der Waals surface area contributed by atoms with Gasteiger partial charge in [0.05, 0.1) is 37.9 Å². The van der Waals surface area contributed by atoms with Crippen molar-refractivity contribution in [2.45, 2.75) is 263 Å². The summed E-state index contributed by atoms with van der Waals surface area (Å²) in [6.45, 7) is 4.00. The van der Waals surface area contributed by atoms with E-state index in [9.17, 15) is 24.5 Å². The van der Waals surface area contributed by atoms with Gasteiger partial charge in [0.1, 0.15) is 0 Å². The Morgan fingerprint density at radius 3 is 1.36 bits per heavy atom. The maximum atomic E-state index is 12.9. The third-order valence-corrected chi connectivity index (χ3v) is 12.3. The number of phosphoric acid groups is 1. The Labute approximate surface area is 364 Å². The molecule has 0 radical (unpaired) electrons. The smallest absolute Gasteiger partial charge is 0.393 e. The van der Waals surface area contributed by atoms with Crippen LogP contribution in [0.2, 0.25) is 0 Å². The molecule has 350 valence electrons. The van der Waals surface area contributed by atoms with Gasteiger partial charge >= 0.3 is 7.82 Å². The van der Waals surface area contributed by atoms with Gasteiger partial charge in [-0.1, -0.05) is 218 Å². The highest BCUT2D eigenvalue weighted by Crippen LogP contribution is 2.43. The van der Waals surface area contributed by atoms with E-state index in [4.69, 9.17) is 14.8 Å². The Balaban J connectivity index is 4.22. The minimum absolute atomic E-state index is 0.0491. The summed E-state index contributed by atoms with van der Waals surface area (Å²) in [5.74, 6) is -0.448. The molecular weight excluding hydrogens is 760 g/mol. The molecule has 0 aliphatic heterocycles. The lowest BCUT2D eigenvalue weighted by molar-refractivity contribution is -0.124. The van der Waals surface area contributed by atoms with Crippen LogP contribution in [0.4, 0.5) is 0 Å². The summed E-state index contributed by atoms with van der Waals surface area (Å²) in [4.78, 5) is 22.8. The molecule has 0 fully saturated rings. The van der Waals surface area contributed by atoms with E-state index in [0.29, 0.717) is 6.42 Å². The second-order valence-corrected chi connectivity index (χ2v) is 18.7. The van der Waals surface area contributed by atoms with Gasteiger partial charge in [0.25, 0.3) is 0 Å². The van der Waals surface area contributed by atoms with Crippen LogP contribution >= 0.6 is 7.82 Å². The second kappa shape index (κ2) is 45.0. The van der Waals surface area contributed by atoms with Crippen molar-refractivity contribution < 1.29 is 33.5 Å². The molecule has 0 bridgehead atoms. The topological polar surface area (TPSA) is 151 Å². The van der Waals surface area contributed by atoms with E-state index >= 15 is 0 Å². The standard InChI is InChI=1S/C49H97N2O7P/c1-3-5-7-9-11-13-15-17-19-21-23-24-26-28-30-32-34-36-38-40-46(52)44-49(54)51-47(45-58-59(55,56)57-43-42-50)48(53)41-39-37-35-33-31-29-27-25-22-20-18-16-14-12-10-8-6-4-2/h24,26,39,41,46-48,52-53H,3-23,25,27-38,40,42-45,50H2,1-2H3,(H,51,54)(H,55,56)/b26-24-,41-39+. The van der Waals surface area contributed by atoms with Crippen molar-refractivity contribution in [2.75, 3.05) is 19.8 Å². The summed E-state index contributed by atoms with van der Waals surface area (Å²) in [7, 11) is -4.40. The first-order chi connectivity index (χ1) is 28.8. The van der Waals surface area contributed by atoms with E-state index in [0.717, 1.165) is 51.4 Å². The fourth-order valence-electron chi connectivity index (χ4n) is 7.53. The van der Waals surface area contributed by atoms with Crippen molar-refractivity contribution >= 4 is 13.7 Å². The van der Waals surface area contributed by atoms with Crippen LogP contribution in [0.15, 0.2) is 24.3 Å². The Hall–Kier alpha value is -1.06. The van der Waals surface area contributed by atoms with Crippen LogP contribution < -0.4 is 11.1 Å². The third kappa shape index (κ3) is 43.4. The maximum absolute atomic E-state index is 12.9. The van der Waals surface area contributed by atoms with Crippen molar-refractivity contribution in [3.05, 3.63) is 24.3 Å². The van der Waals surface area contributed by atoms with Gasteiger partial charge in [0.15, 0.2) is 0 Å². The Kier molecular flexibility index (Phi) is 44.2.